The summed E-state index contributed by atoms with van der Waals surface area (Å²) in [6.45, 7) is 0.922. The normalized spacial score (nSPS) is 47.0. The summed E-state index contributed by atoms with van der Waals surface area (Å²) in [5.74, 6) is 0.361. The van der Waals surface area contributed by atoms with E-state index >= 15 is 0 Å². The summed E-state index contributed by atoms with van der Waals surface area (Å²) in [5.41, 5.74) is 0. The van der Waals surface area contributed by atoms with Gasteiger partial charge in [0.05, 0.1) is 0 Å². The summed E-state index contributed by atoms with van der Waals surface area (Å²) in [6, 6.07) is 0.523. The van der Waals surface area contributed by atoms with E-state index in [0.717, 1.165) is 19.4 Å². The van der Waals surface area contributed by atoms with Crippen molar-refractivity contribution in [2.75, 3.05) is 6.54 Å². The maximum Gasteiger partial charge on any atom is 0.106 e. The molecule has 1 aliphatic heterocycles. The Morgan fingerprint density at radius 1 is 1.33 bits per heavy atom. The van der Waals surface area contributed by atoms with E-state index in [0.29, 0.717) is 12.0 Å². The number of fused-ring (bicyclic) bond motifs is 2. The lowest BCUT2D eigenvalue weighted by Gasteiger charge is -2.13. The molecule has 0 amide bonds. The average Bonchev–Trinajstić information content (AvgIpc) is 2.23. The van der Waals surface area contributed by atoms with Gasteiger partial charge < -0.3 is 5.32 Å². The van der Waals surface area contributed by atoms with E-state index in [1.54, 1.807) is 0 Å². The van der Waals surface area contributed by atoms with Gasteiger partial charge in [0.25, 0.3) is 0 Å². The van der Waals surface area contributed by atoms with Gasteiger partial charge in [-0.2, -0.15) is 0 Å². The van der Waals surface area contributed by atoms with Crippen LogP contribution in [0.15, 0.2) is 0 Å². The molecule has 0 unspecified atom stereocenters. The van der Waals surface area contributed by atoms with Gasteiger partial charge in [-0.1, -0.05) is 0 Å². The molecule has 2 fully saturated rings. The third kappa shape index (κ3) is 1.06. The van der Waals surface area contributed by atoms with E-state index in [-0.39, 0.29) is 12.4 Å². The van der Waals surface area contributed by atoms with Gasteiger partial charge in [-0.15, -0.1) is 12.4 Å². The first-order valence-electron chi connectivity index (χ1n) is 3.24. The highest BCUT2D eigenvalue weighted by Gasteiger charge is 2.39. The second-order valence-electron chi connectivity index (χ2n) is 2.85. The largest absolute Gasteiger partial charge is 0.313 e. The van der Waals surface area contributed by atoms with Crippen molar-refractivity contribution in [2.45, 2.75) is 25.1 Å². The molecule has 0 aromatic rings. The Kier molecular flexibility index (Phi) is 1.97. The van der Waals surface area contributed by atoms with Crippen LogP contribution in [0.3, 0.4) is 0 Å². The highest BCUT2D eigenvalue weighted by atomic mass is 35.5. The molecule has 3 heteroatoms. The molecule has 54 valence electrons. The molecule has 0 radical (unpaired) electrons. The fraction of sp³-hybridized carbons (Fsp3) is 1.00. The van der Waals surface area contributed by atoms with Crippen molar-refractivity contribution in [2.24, 2.45) is 5.92 Å². The minimum atomic E-state index is -0.485. The van der Waals surface area contributed by atoms with Gasteiger partial charge >= 0.3 is 0 Å². The Hall–Kier alpha value is 0.180. The van der Waals surface area contributed by atoms with Crippen molar-refractivity contribution in [3.8, 4) is 0 Å². The van der Waals surface area contributed by atoms with Crippen LogP contribution in [0.4, 0.5) is 4.39 Å². The van der Waals surface area contributed by atoms with Gasteiger partial charge in [-0.3, -0.25) is 0 Å². The van der Waals surface area contributed by atoms with Crippen LogP contribution in [-0.2, 0) is 0 Å². The molecule has 9 heavy (non-hydrogen) atoms. The molecule has 2 bridgehead atoms. The second-order valence-corrected chi connectivity index (χ2v) is 2.85. The van der Waals surface area contributed by atoms with Crippen molar-refractivity contribution >= 4 is 12.4 Å². The molecule has 1 saturated heterocycles. The Labute approximate surface area is 60.4 Å². The molecule has 1 heterocycles. The number of rotatable bonds is 0. The van der Waals surface area contributed by atoms with E-state index in [9.17, 15) is 4.39 Å². The van der Waals surface area contributed by atoms with E-state index in [1.807, 2.05) is 0 Å². The summed E-state index contributed by atoms with van der Waals surface area (Å²) >= 11 is 0. The maximum absolute atomic E-state index is 12.6. The van der Waals surface area contributed by atoms with Crippen LogP contribution in [0.5, 0.6) is 0 Å². The number of alkyl halides is 1. The topological polar surface area (TPSA) is 12.0 Å². The summed E-state index contributed by atoms with van der Waals surface area (Å²) in [7, 11) is 0. The van der Waals surface area contributed by atoms with Crippen molar-refractivity contribution in [1.82, 2.24) is 5.32 Å². The van der Waals surface area contributed by atoms with Gasteiger partial charge in [-0.05, 0) is 12.8 Å². The fourth-order valence-electron chi connectivity index (χ4n) is 1.77. The van der Waals surface area contributed by atoms with E-state index in [2.05, 4.69) is 5.32 Å². The Balaban J connectivity index is 0.000000405. The Bertz CT molecular complexity index is 107. The molecule has 1 saturated carbocycles. The molecule has 0 aromatic carbocycles. The minimum absolute atomic E-state index is 0. The fourth-order valence-corrected chi connectivity index (χ4v) is 1.77. The number of piperidine rings is 1. The molecule has 3 atom stereocenters. The van der Waals surface area contributed by atoms with Gasteiger partial charge in [-0.25, -0.2) is 4.39 Å². The summed E-state index contributed by atoms with van der Waals surface area (Å²) in [5, 5.41) is 3.25. The smallest absolute Gasteiger partial charge is 0.106 e. The molecule has 1 N–H and O–H groups in total. The predicted octanol–water partition coefficient (Wildman–Crippen LogP) is 1.13. The summed E-state index contributed by atoms with van der Waals surface area (Å²) in [4.78, 5) is 0. The first-order chi connectivity index (χ1) is 3.86. The van der Waals surface area contributed by atoms with Gasteiger partial charge in [0, 0.05) is 18.5 Å². The van der Waals surface area contributed by atoms with E-state index in [1.165, 1.54) is 0 Å². The highest BCUT2D eigenvalue weighted by molar-refractivity contribution is 5.85. The molecule has 0 spiro atoms. The van der Waals surface area contributed by atoms with E-state index in [4.69, 9.17) is 0 Å². The number of hydrogen-bond acceptors (Lipinski definition) is 1. The SMILES string of the molecule is Cl.F[C@@H]1C[C@H]2C[C@@H]1CN2. The van der Waals surface area contributed by atoms with Gasteiger partial charge in [0.15, 0.2) is 0 Å². The molecule has 2 rings (SSSR count). The molecular formula is C6H11ClFN. The van der Waals surface area contributed by atoms with Crippen molar-refractivity contribution in [3.05, 3.63) is 0 Å². The van der Waals surface area contributed by atoms with Crippen molar-refractivity contribution in [1.29, 1.82) is 0 Å². The van der Waals surface area contributed by atoms with Crippen LogP contribution in [-0.4, -0.2) is 18.8 Å². The Morgan fingerprint density at radius 2 is 2.11 bits per heavy atom. The minimum Gasteiger partial charge on any atom is -0.313 e. The van der Waals surface area contributed by atoms with Gasteiger partial charge in [0.2, 0.25) is 0 Å². The third-order valence-electron chi connectivity index (χ3n) is 2.28. The first-order valence-corrected chi connectivity index (χ1v) is 3.24. The number of nitrogens with one attached hydrogen (secondary N) is 1. The summed E-state index contributed by atoms with van der Waals surface area (Å²) < 4.78 is 12.6. The molecule has 1 aliphatic carbocycles. The van der Waals surface area contributed by atoms with Crippen LogP contribution >= 0.6 is 12.4 Å². The molecular weight excluding hydrogens is 141 g/mol. The summed E-state index contributed by atoms with van der Waals surface area (Å²) in [6.07, 6.45) is 1.37. The first kappa shape index (κ1) is 7.29. The molecule has 0 aromatic heterocycles. The van der Waals surface area contributed by atoms with Gasteiger partial charge in [0.1, 0.15) is 6.17 Å². The number of hydrogen-bond donors (Lipinski definition) is 1. The van der Waals surface area contributed by atoms with Crippen LogP contribution in [0, 0.1) is 5.92 Å². The zero-order valence-electron chi connectivity index (χ0n) is 5.14. The predicted molar refractivity (Wildman–Crippen MR) is 36.7 cm³/mol. The van der Waals surface area contributed by atoms with Crippen molar-refractivity contribution in [3.63, 3.8) is 0 Å². The van der Waals surface area contributed by atoms with Crippen LogP contribution in [0.2, 0.25) is 0 Å². The zero-order valence-corrected chi connectivity index (χ0v) is 5.96. The lowest BCUT2D eigenvalue weighted by molar-refractivity contribution is 0.242. The molecule has 2 aliphatic rings. The molecule has 1 nitrogen and oxygen atoms in total. The third-order valence-corrected chi connectivity index (χ3v) is 2.28. The second kappa shape index (κ2) is 2.43. The number of halogens is 2. The zero-order chi connectivity index (χ0) is 5.56. The van der Waals surface area contributed by atoms with Crippen molar-refractivity contribution < 1.29 is 4.39 Å². The standard InChI is InChI=1S/C6H10FN.ClH/c7-6-2-5-1-4(6)3-8-5;/h4-6,8H,1-3H2;1H/t4-,5-,6-;/m1./s1. The lowest BCUT2D eigenvalue weighted by Crippen LogP contribution is -2.30. The average molecular weight is 152 g/mol. The highest BCUT2D eigenvalue weighted by Crippen LogP contribution is 2.32. The van der Waals surface area contributed by atoms with Crippen LogP contribution in [0.25, 0.3) is 0 Å². The Morgan fingerprint density at radius 3 is 2.33 bits per heavy atom. The monoisotopic (exact) mass is 151 g/mol. The lowest BCUT2D eigenvalue weighted by atomic mass is 10.1. The van der Waals surface area contributed by atoms with E-state index < -0.39 is 6.17 Å². The quantitative estimate of drug-likeness (QED) is 0.548. The maximum atomic E-state index is 12.6. The van der Waals surface area contributed by atoms with Crippen LogP contribution in [0.1, 0.15) is 12.8 Å². The van der Waals surface area contributed by atoms with Crippen LogP contribution < -0.4 is 5.32 Å².